The molecule has 0 radical (unpaired) electrons. The molecule has 1 unspecified atom stereocenters. The third kappa shape index (κ3) is 8.28. The molecule has 2 saturated carbocycles. The van der Waals surface area contributed by atoms with Crippen molar-refractivity contribution in [1.29, 1.82) is 0 Å². The lowest BCUT2D eigenvalue weighted by Crippen LogP contribution is -2.83. The van der Waals surface area contributed by atoms with E-state index < -0.39 is 125 Å². The van der Waals surface area contributed by atoms with E-state index in [0.29, 0.717) is 11.1 Å². The number of carbonyl (C=O) groups is 5. The zero-order valence-corrected chi connectivity index (χ0v) is 37.6. The molecule has 0 spiro atoms. The average Bonchev–Trinajstić information content (AvgIpc) is 3.15. The topological polar surface area (TPSA) is 212 Å². The van der Waals surface area contributed by atoms with Gasteiger partial charge in [0.15, 0.2) is 24.1 Å². The molecule has 13 atom stereocenters. The van der Waals surface area contributed by atoms with Crippen molar-refractivity contribution in [2.45, 2.75) is 167 Å². The maximum atomic E-state index is 14.4. The number of hydrogen-bond acceptors (Lipinski definition) is 15. The van der Waals surface area contributed by atoms with Crippen molar-refractivity contribution in [2.75, 3.05) is 6.61 Å². The highest BCUT2D eigenvalue weighted by Crippen LogP contribution is 2.67. The quantitative estimate of drug-likeness (QED) is 0.154. The minimum Gasteiger partial charge on any atom is -0.456 e. The Balaban J connectivity index is 1.57. The lowest BCUT2D eigenvalue weighted by atomic mass is 9.44. The van der Waals surface area contributed by atoms with E-state index in [0.717, 1.165) is 0 Å². The molecule has 342 valence electrons. The second kappa shape index (κ2) is 17.0. The highest BCUT2D eigenvalue weighted by molar-refractivity contribution is 5.89. The van der Waals surface area contributed by atoms with Crippen molar-refractivity contribution in [1.82, 2.24) is 5.32 Å². The third-order valence-electron chi connectivity index (χ3n) is 13.4. The Morgan fingerprint density at radius 2 is 1.65 bits per heavy atom. The van der Waals surface area contributed by atoms with Crippen LogP contribution in [-0.4, -0.2) is 119 Å². The Kier molecular flexibility index (Phi) is 12.9. The van der Waals surface area contributed by atoms with E-state index in [9.17, 15) is 34.2 Å². The number of benzene rings is 1. The molecule has 3 aliphatic carbocycles. The lowest BCUT2D eigenvalue weighted by Gasteiger charge is -2.71. The van der Waals surface area contributed by atoms with Crippen molar-refractivity contribution < 1.29 is 72.1 Å². The van der Waals surface area contributed by atoms with Gasteiger partial charge in [-0.15, -0.1) is 0 Å². The normalized spacial score (nSPS) is 35.5. The Morgan fingerprint density at radius 3 is 2.19 bits per heavy atom. The molecule has 6 rings (SSSR count). The summed E-state index contributed by atoms with van der Waals surface area (Å²) < 4.78 is 50.2. The van der Waals surface area contributed by atoms with Gasteiger partial charge < -0.3 is 53.4 Å². The molecule has 2 aliphatic heterocycles. The van der Waals surface area contributed by atoms with Gasteiger partial charge >= 0.3 is 30.0 Å². The second-order valence-corrected chi connectivity index (χ2v) is 19.5. The van der Waals surface area contributed by atoms with Gasteiger partial charge in [0.1, 0.15) is 35.6 Å². The van der Waals surface area contributed by atoms with Crippen LogP contribution in [0, 0.1) is 22.7 Å². The highest BCUT2D eigenvalue weighted by atomic mass is 16.7. The largest absolute Gasteiger partial charge is 0.456 e. The number of aliphatic hydroxyl groups is 2. The van der Waals surface area contributed by atoms with Crippen LogP contribution >= 0.6 is 0 Å². The number of ether oxygens (including phenoxy) is 8. The smallest absolute Gasteiger partial charge is 0.407 e. The molecule has 1 aromatic carbocycles. The Hall–Kier alpha value is -4.35. The van der Waals surface area contributed by atoms with Crippen molar-refractivity contribution in [3.63, 3.8) is 0 Å². The maximum absolute atomic E-state index is 14.4. The van der Waals surface area contributed by atoms with E-state index in [2.05, 4.69) is 11.9 Å². The number of amides is 1. The fourth-order valence-corrected chi connectivity index (χ4v) is 10.7. The number of hydrogen-bond donors (Lipinski definition) is 3. The van der Waals surface area contributed by atoms with Gasteiger partial charge in [-0.2, -0.15) is 0 Å². The fourth-order valence-electron chi connectivity index (χ4n) is 10.7. The van der Waals surface area contributed by atoms with Gasteiger partial charge in [0.2, 0.25) is 0 Å². The molecule has 2 bridgehead atoms. The first-order valence-corrected chi connectivity index (χ1v) is 21.3. The van der Waals surface area contributed by atoms with Crippen LogP contribution in [0.2, 0.25) is 0 Å². The summed E-state index contributed by atoms with van der Waals surface area (Å²) in [5.41, 5.74) is -6.65. The van der Waals surface area contributed by atoms with E-state index in [1.165, 1.54) is 19.9 Å². The summed E-state index contributed by atoms with van der Waals surface area (Å²) in [6.45, 7) is 21.9. The van der Waals surface area contributed by atoms with Crippen LogP contribution in [0.4, 0.5) is 4.79 Å². The molecule has 16 heteroatoms. The SMILES string of the molecule is C=C[C@@H]1O[C@H]2C[C@H]3OC[C@@]3(OC(C)=O)[C@H]3[C@H](OC(=O)c4ccccc4)[C@]4(O)C[C@H](OC(=O)[C@H](O)C(CC(C)C)NC(=O)OC(C)(C)C)C(C)=C([C@H](OC(C)=O)[C@H](O1)[C@]23C)C4(C)C. The van der Waals surface area contributed by atoms with Crippen LogP contribution in [-0.2, 0) is 52.3 Å². The van der Waals surface area contributed by atoms with Gasteiger partial charge in [-0.05, 0) is 69.4 Å². The number of nitrogens with one attached hydrogen (secondary N) is 1. The molecule has 62 heavy (non-hydrogen) atoms. The van der Waals surface area contributed by atoms with Crippen LogP contribution in [0.5, 0.6) is 0 Å². The molecule has 2 heterocycles. The molecule has 2 saturated heterocycles. The zero-order valence-electron chi connectivity index (χ0n) is 37.6. The van der Waals surface area contributed by atoms with E-state index in [4.69, 9.17) is 37.9 Å². The Morgan fingerprint density at radius 1 is 0.984 bits per heavy atom. The molecule has 3 N–H and O–H groups in total. The summed E-state index contributed by atoms with van der Waals surface area (Å²) in [5.74, 6) is -4.57. The minimum absolute atomic E-state index is 0.0926. The molecule has 1 amide bonds. The fraction of sp³-hybridized carbons (Fsp3) is 0.674. The summed E-state index contributed by atoms with van der Waals surface area (Å²) in [7, 11) is 0. The predicted molar refractivity (Wildman–Crippen MR) is 220 cm³/mol. The van der Waals surface area contributed by atoms with Crippen molar-refractivity contribution in [3.8, 4) is 0 Å². The van der Waals surface area contributed by atoms with E-state index >= 15 is 0 Å². The molecule has 0 aromatic heterocycles. The zero-order chi connectivity index (χ0) is 45.9. The van der Waals surface area contributed by atoms with Crippen molar-refractivity contribution in [2.24, 2.45) is 22.7 Å². The van der Waals surface area contributed by atoms with Gasteiger partial charge in [-0.3, -0.25) is 9.59 Å². The van der Waals surface area contributed by atoms with Gasteiger partial charge in [0.25, 0.3) is 0 Å². The van der Waals surface area contributed by atoms with Gasteiger partial charge in [-0.25, -0.2) is 14.4 Å². The first kappa shape index (κ1) is 47.1. The molecule has 4 fully saturated rings. The van der Waals surface area contributed by atoms with E-state index in [-0.39, 0.29) is 30.9 Å². The molecular formula is C46H63NO15. The highest BCUT2D eigenvalue weighted by Gasteiger charge is 2.79. The lowest BCUT2D eigenvalue weighted by molar-refractivity contribution is -0.405. The van der Waals surface area contributed by atoms with E-state index in [1.807, 2.05) is 20.8 Å². The minimum atomic E-state index is -2.23. The predicted octanol–water partition coefficient (Wildman–Crippen LogP) is 4.87. The molecular weight excluding hydrogens is 806 g/mol. The monoisotopic (exact) mass is 869 g/mol. The number of rotatable bonds is 11. The number of carbonyl (C=O) groups excluding carboxylic acids is 5. The van der Waals surface area contributed by atoms with Gasteiger partial charge in [0.05, 0.1) is 30.2 Å². The summed E-state index contributed by atoms with van der Waals surface area (Å²) in [6, 6.07) is 7.04. The summed E-state index contributed by atoms with van der Waals surface area (Å²) in [4.78, 5) is 68.1. The first-order valence-electron chi connectivity index (χ1n) is 21.3. The van der Waals surface area contributed by atoms with Crippen LogP contribution in [0.1, 0.15) is 106 Å². The summed E-state index contributed by atoms with van der Waals surface area (Å²) >= 11 is 0. The molecule has 5 aliphatic rings. The van der Waals surface area contributed by atoms with Crippen LogP contribution in [0.3, 0.4) is 0 Å². The number of esters is 4. The number of fused-ring (bicyclic) bond motifs is 4. The maximum Gasteiger partial charge on any atom is 0.407 e. The Labute approximate surface area is 362 Å². The van der Waals surface area contributed by atoms with E-state index in [1.54, 1.807) is 71.9 Å². The number of aliphatic hydroxyl groups excluding tert-OH is 1. The average molecular weight is 870 g/mol. The van der Waals surface area contributed by atoms with Gasteiger partial charge in [-0.1, -0.05) is 59.4 Å². The summed E-state index contributed by atoms with van der Waals surface area (Å²) in [6.07, 6.45) is -9.36. The van der Waals surface area contributed by atoms with Crippen LogP contribution < -0.4 is 5.32 Å². The molecule has 1 aromatic rings. The van der Waals surface area contributed by atoms with Crippen molar-refractivity contribution >= 4 is 30.0 Å². The first-order chi connectivity index (χ1) is 28.8. The molecule has 16 nitrogen and oxygen atoms in total. The Bertz CT molecular complexity index is 1960. The second-order valence-electron chi connectivity index (χ2n) is 19.5. The standard InChI is InChI=1S/C46H63NO15/c1-13-32-58-30-20-31-45(22-55-31,61-26(6)49)36-38(60-39(51)27-17-15-14-16-18-27)46(54)21-29(57-40(52)34(50)28(19-23(2)3)47-41(53)62-42(7,8)9)24(4)33(43(46,10)11)35(56-25(5)48)37(59-32)44(30,36)12/h13-18,23,28-32,34-38,50,54H,1,19-22H2,2-12H3,(H,47,53)/t28?,29-,30-,31+,32+,34+,35-,36-,37-,38-,44+,45-,46+/m0/s1. The van der Waals surface area contributed by atoms with Crippen molar-refractivity contribution in [3.05, 3.63) is 59.7 Å². The van der Waals surface area contributed by atoms with Gasteiger partial charge in [0, 0.05) is 37.5 Å². The summed E-state index contributed by atoms with van der Waals surface area (Å²) in [5, 5.41) is 28.1. The van der Waals surface area contributed by atoms with Crippen LogP contribution in [0.25, 0.3) is 0 Å². The number of alkyl carbamates (subject to hydrolysis) is 1. The third-order valence-corrected chi connectivity index (χ3v) is 13.4. The van der Waals surface area contributed by atoms with Crippen LogP contribution in [0.15, 0.2) is 54.1 Å².